The van der Waals surface area contributed by atoms with E-state index in [1.54, 1.807) is 4.90 Å². The number of carbonyl (C=O) groups excluding carboxylic acids is 2. The summed E-state index contributed by atoms with van der Waals surface area (Å²) in [4.78, 5) is 26.6. The van der Waals surface area contributed by atoms with Gasteiger partial charge in [-0.25, -0.2) is 0 Å². The molecule has 124 valence electrons. The first-order valence-corrected chi connectivity index (χ1v) is 8.67. The van der Waals surface area contributed by atoms with E-state index in [2.05, 4.69) is 27.3 Å². The third-order valence-electron chi connectivity index (χ3n) is 4.23. The molecule has 1 atom stereocenters. The van der Waals surface area contributed by atoms with Crippen molar-refractivity contribution in [2.24, 2.45) is 5.92 Å². The van der Waals surface area contributed by atoms with Crippen molar-refractivity contribution in [2.75, 3.05) is 16.8 Å². The number of halogens is 1. The van der Waals surface area contributed by atoms with Crippen LogP contribution in [0.3, 0.4) is 0 Å². The lowest BCUT2D eigenvalue weighted by atomic mass is 10.1. The minimum absolute atomic E-state index is 0.00338. The molecule has 0 radical (unpaired) electrons. The second kappa shape index (κ2) is 6.77. The van der Waals surface area contributed by atoms with Gasteiger partial charge in [0, 0.05) is 28.8 Å². The van der Waals surface area contributed by atoms with E-state index >= 15 is 0 Å². The maximum atomic E-state index is 12.5. The number of amides is 2. The predicted molar refractivity (Wildman–Crippen MR) is 99.1 cm³/mol. The largest absolute Gasteiger partial charge is 0.326 e. The second-order valence-corrected chi connectivity index (χ2v) is 7.11. The molecule has 2 aromatic carbocycles. The molecule has 2 aromatic rings. The number of aryl methyl sites for hydroxylation is 2. The summed E-state index contributed by atoms with van der Waals surface area (Å²) in [5.41, 5.74) is 3.83. The molecule has 0 aromatic heterocycles. The molecule has 1 N–H and O–H groups in total. The van der Waals surface area contributed by atoms with E-state index in [0.29, 0.717) is 6.54 Å². The number of nitrogens with one attached hydrogen (secondary N) is 1. The highest BCUT2D eigenvalue weighted by atomic mass is 79.9. The molecule has 0 spiro atoms. The first-order valence-electron chi connectivity index (χ1n) is 7.88. The molecule has 1 aliphatic rings. The molecule has 1 saturated heterocycles. The quantitative estimate of drug-likeness (QED) is 0.864. The zero-order valence-corrected chi connectivity index (χ0v) is 15.3. The number of hydrogen-bond donors (Lipinski definition) is 1. The number of nitrogens with zero attached hydrogens (tertiary/aromatic N) is 1. The molecular formula is C19H19BrN2O2. The average molecular weight is 387 g/mol. The van der Waals surface area contributed by atoms with Gasteiger partial charge in [-0.1, -0.05) is 39.7 Å². The lowest BCUT2D eigenvalue weighted by Gasteiger charge is -2.19. The third kappa shape index (κ3) is 3.51. The van der Waals surface area contributed by atoms with Crippen molar-refractivity contribution in [1.82, 2.24) is 0 Å². The molecular weight excluding hydrogens is 368 g/mol. The predicted octanol–water partition coefficient (Wildman–Crippen LogP) is 4.06. The van der Waals surface area contributed by atoms with Gasteiger partial charge in [0.25, 0.3) is 0 Å². The van der Waals surface area contributed by atoms with Gasteiger partial charge in [0.1, 0.15) is 0 Å². The highest BCUT2D eigenvalue weighted by Crippen LogP contribution is 2.29. The van der Waals surface area contributed by atoms with Crippen molar-refractivity contribution < 1.29 is 9.59 Å². The van der Waals surface area contributed by atoms with Gasteiger partial charge >= 0.3 is 0 Å². The SMILES string of the molecule is Cc1ccc(N2CC(C(=O)Nc3cccc(Br)c3)CC2=O)c(C)c1. The van der Waals surface area contributed by atoms with Crippen LogP contribution in [-0.2, 0) is 9.59 Å². The van der Waals surface area contributed by atoms with Crippen molar-refractivity contribution in [1.29, 1.82) is 0 Å². The van der Waals surface area contributed by atoms with Crippen molar-refractivity contribution in [3.8, 4) is 0 Å². The van der Waals surface area contributed by atoms with Crippen LogP contribution in [0.4, 0.5) is 11.4 Å². The Morgan fingerprint density at radius 2 is 2.00 bits per heavy atom. The van der Waals surface area contributed by atoms with E-state index in [4.69, 9.17) is 0 Å². The summed E-state index contributed by atoms with van der Waals surface area (Å²) in [7, 11) is 0. The summed E-state index contributed by atoms with van der Waals surface area (Å²) < 4.78 is 0.903. The van der Waals surface area contributed by atoms with Gasteiger partial charge in [-0.15, -0.1) is 0 Å². The fourth-order valence-electron chi connectivity index (χ4n) is 3.03. The minimum Gasteiger partial charge on any atom is -0.326 e. The minimum atomic E-state index is -0.336. The van der Waals surface area contributed by atoms with Crippen LogP contribution in [0.25, 0.3) is 0 Å². The van der Waals surface area contributed by atoms with E-state index < -0.39 is 0 Å². The molecule has 0 bridgehead atoms. The fourth-order valence-corrected chi connectivity index (χ4v) is 3.43. The Morgan fingerprint density at radius 1 is 1.21 bits per heavy atom. The Hall–Kier alpha value is -2.14. The van der Waals surface area contributed by atoms with Gasteiger partial charge < -0.3 is 10.2 Å². The second-order valence-electron chi connectivity index (χ2n) is 6.19. The van der Waals surface area contributed by atoms with E-state index in [1.807, 2.05) is 50.2 Å². The lowest BCUT2D eigenvalue weighted by molar-refractivity contribution is -0.122. The molecule has 1 aliphatic heterocycles. The van der Waals surface area contributed by atoms with Gasteiger partial charge in [-0.3, -0.25) is 9.59 Å². The Balaban J connectivity index is 1.73. The number of hydrogen-bond acceptors (Lipinski definition) is 2. The van der Waals surface area contributed by atoms with E-state index in [0.717, 1.165) is 27.0 Å². The Morgan fingerprint density at radius 3 is 2.71 bits per heavy atom. The summed E-state index contributed by atoms with van der Waals surface area (Å²) in [5, 5.41) is 2.89. The van der Waals surface area contributed by atoms with Crippen LogP contribution >= 0.6 is 15.9 Å². The molecule has 0 saturated carbocycles. The number of benzene rings is 2. The standard InChI is InChI=1S/C19H19BrN2O2/c1-12-6-7-17(13(2)8-12)22-11-14(9-18(22)23)19(24)21-16-5-3-4-15(20)10-16/h3-8,10,14H,9,11H2,1-2H3,(H,21,24). The number of anilines is 2. The molecule has 24 heavy (non-hydrogen) atoms. The van der Waals surface area contributed by atoms with Gasteiger partial charge in [-0.05, 0) is 43.7 Å². The average Bonchev–Trinajstić information content (AvgIpc) is 2.89. The molecule has 5 heteroatoms. The van der Waals surface area contributed by atoms with Crippen LogP contribution in [0.1, 0.15) is 17.5 Å². The first-order chi connectivity index (χ1) is 11.4. The van der Waals surface area contributed by atoms with Crippen LogP contribution < -0.4 is 10.2 Å². The van der Waals surface area contributed by atoms with Crippen LogP contribution in [-0.4, -0.2) is 18.4 Å². The van der Waals surface area contributed by atoms with Gasteiger partial charge in [0.2, 0.25) is 11.8 Å². The normalized spacial score (nSPS) is 17.2. The van der Waals surface area contributed by atoms with Crippen molar-refractivity contribution in [3.63, 3.8) is 0 Å². The van der Waals surface area contributed by atoms with E-state index in [-0.39, 0.29) is 24.2 Å². The topological polar surface area (TPSA) is 49.4 Å². The van der Waals surface area contributed by atoms with E-state index in [9.17, 15) is 9.59 Å². The summed E-state index contributed by atoms with van der Waals surface area (Å²) in [6, 6.07) is 13.4. The van der Waals surface area contributed by atoms with E-state index in [1.165, 1.54) is 0 Å². The van der Waals surface area contributed by atoms with Crippen LogP contribution in [0.2, 0.25) is 0 Å². The number of rotatable bonds is 3. The highest BCUT2D eigenvalue weighted by Gasteiger charge is 2.35. The van der Waals surface area contributed by atoms with Crippen LogP contribution in [0, 0.1) is 19.8 Å². The Labute approximate surface area is 150 Å². The summed E-state index contributed by atoms with van der Waals surface area (Å²) in [5.74, 6) is -0.456. The molecule has 2 amide bonds. The summed E-state index contributed by atoms with van der Waals surface area (Å²) >= 11 is 3.39. The van der Waals surface area contributed by atoms with Crippen molar-refractivity contribution in [3.05, 3.63) is 58.1 Å². The van der Waals surface area contributed by atoms with Gasteiger partial charge in [-0.2, -0.15) is 0 Å². The van der Waals surface area contributed by atoms with Crippen molar-refractivity contribution >= 4 is 39.1 Å². The zero-order chi connectivity index (χ0) is 17.3. The number of carbonyl (C=O) groups is 2. The fraction of sp³-hybridized carbons (Fsp3) is 0.263. The van der Waals surface area contributed by atoms with Gasteiger partial charge in [0.05, 0.1) is 5.92 Å². The third-order valence-corrected chi connectivity index (χ3v) is 4.72. The maximum Gasteiger partial charge on any atom is 0.229 e. The molecule has 0 aliphatic carbocycles. The van der Waals surface area contributed by atoms with Crippen LogP contribution in [0.5, 0.6) is 0 Å². The monoisotopic (exact) mass is 386 g/mol. The molecule has 1 unspecified atom stereocenters. The molecule has 1 heterocycles. The first kappa shape index (κ1) is 16.7. The Kier molecular flexibility index (Phi) is 4.71. The zero-order valence-electron chi connectivity index (χ0n) is 13.7. The smallest absolute Gasteiger partial charge is 0.229 e. The molecule has 1 fully saturated rings. The lowest BCUT2D eigenvalue weighted by Crippen LogP contribution is -2.28. The molecule has 3 rings (SSSR count). The highest BCUT2D eigenvalue weighted by molar-refractivity contribution is 9.10. The summed E-state index contributed by atoms with van der Waals surface area (Å²) in [6.07, 6.45) is 0.243. The maximum absolute atomic E-state index is 12.5. The summed E-state index contributed by atoms with van der Waals surface area (Å²) in [6.45, 7) is 4.43. The van der Waals surface area contributed by atoms with Crippen LogP contribution in [0.15, 0.2) is 46.9 Å². The Bertz CT molecular complexity index is 804. The van der Waals surface area contributed by atoms with Crippen molar-refractivity contribution in [2.45, 2.75) is 20.3 Å². The van der Waals surface area contributed by atoms with Gasteiger partial charge in [0.15, 0.2) is 0 Å². The molecule has 4 nitrogen and oxygen atoms in total.